The number of rotatable bonds is 3. The van der Waals surface area contributed by atoms with Crippen molar-refractivity contribution in [3.8, 4) is 6.07 Å². The summed E-state index contributed by atoms with van der Waals surface area (Å²) in [6.45, 7) is 3.20. The number of hydrogen-bond acceptors (Lipinski definition) is 4. The number of nitrogens with zero attached hydrogens (tertiary/aromatic N) is 1. The third-order valence-corrected chi connectivity index (χ3v) is 1.03. The minimum absolute atomic E-state index is 0.264. The molecule has 0 aromatic heterocycles. The normalized spacial score (nSPS) is 14.7. The molecule has 0 aliphatic rings. The van der Waals surface area contributed by atoms with Gasteiger partial charge in [-0.3, -0.25) is 4.79 Å². The van der Waals surface area contributed by atoms with E-state index < -0.39 is 11.6 Å². The van der Waals surface area contributed by atoms with E-state index in [0.717, 1.165) is 0 Å². The molecule has 0 saturated carbocycles. The third-order valence-electron chi connectivity index (χ3n) is 1.03. The molecule has 0 bridgehead atoms. The van der Waals surface area contributed by atoms with Crippen molar-refractivity contribution in [2.75, 3.05) is 6.61 Å². The van der Waals surface area contributed by atoms with E-state index in [1.165, 1.54) is 6.92 Å². The van der Waals surface area contributed by atoms with Crippen LogP contribution in [0, 0.1) is 11.3 Å². The van der Waals surface area contributed by atoms with Crippen LogP contribution in [-0.2, 0) is 9.53 Å². The van der Waals surface area contributed by atoms with Gasteiger partial charge in [-0.25, -0.2) is 0 Å². The monoisotopic (exact) mass is 157 g/mol. The summed E-state index contributed by atoms with van der Waals surface area (Å²) in [6.07, 6.45) is -0.280. The second-order valence-electron chi connectivity index (χ2n) is 2.37. The average molecular weight is 157 g/mol. The fourth-order valence-corrected chi connectivity index (χ4v) is 0.533. The highest BCUT2D eigenvalue weighted by Crippen LogP contribution is 2.07. The van der Waals surface area contributed by atoms with Crippen LogP contribution < -0.4 is 0 Å². The quantitative estimate of drug-likeness (QED) is 0.469. The van der Waals surface area contributed by atoms with Gasteiger partial charge in [0.2, 0.25) is 0 Å². The summed E-state index contributed by atoms with van der Waals surface area (Å²) in [7, 11) is 0. The van der Waals surface area contributed by atoms with Gasteiger partial charge in [0.25, 0.3) is 0 Å². The summed E-state index contributed by atoms with van der Waals surface area (Å²) in [6, 6.07) is 1.59. The van der Waals surface area contributed by atoms with E-state index in [2.05, 4.69) is 4.74 Å². The number of nitriles is 1. The lowest BCUT2D eigenvalue weighted by molar-refractivity contribution is -0.146. The first-order valence-corrected chi connectivity index (χ1v) is 3.31. The van der Waals surface area contributed by atoms with E-state index in [0.29, 0.717) is 0 Å². The average Bonchev–Trinajstić information content (AvgIpc) is 1.87. The highest BCUT2D eigenvalue weighted by Gasteiger charge is 2.24. The van der Waals surface area contributed by atoms with Gasteiger partial charge in [0.15, 0.2) is 5.60 Å². The topological polar surface area (TPSA) is 70.3 Å². The molecule has 0 unspecified atom stereocenters. The molecule has 0 spiro atoms. The molecule has 0 amide bonds. The lowest BCUT2D eigenvalue weighted by atomic mass is 10.1. The van der Waals surface area contributed by atoms with E-state index >= 15 is 0 Å². The van der Waals surface area contributed by atoms with Crippen molar-refractivity contribution in [1.82, 2.24) is 0 Å². The van der Waals surface area contributed by atoms with Gasteiger partial charge in [-0.05, 0) is 13.8 Å². The number of ether oxygens (including phenoxy) is 1. The molecular weight excluding hydrogens is 146 g/mol. The molecule has 0 aliphatic carbocycles. The van der Waals surface area contributed by atoms with Crippen LogP contribution >= 0.6 is 0 Å². The highest BCUT2D eigenvalue weighted by atomic mass is 16.5. The second-order valence-corrected chi connectivity index (χ2v) is 2.37. The Morgan fingerprint density at radius 2 is 2.36 bits per heavy atom. The first-order chi connectivity index (χ1) is 5.02. The van der Waals surface area contributed by atoms with Gasteiger partial charge in [-0.1, -0.05) is 0 Å². The van der Waals surface area contributed by atoms with Crippen molar-refractivity contribution < 1.29 is 14.6 Å². The first-order valence-electron chi connectivity index (χ1n) is 3.31. The molecule has 0 rings (SSSR count). The Labute approximate surface area is 65.4 Å². The Hall–Kier alpha value is -1.08. The van der Waals surface area contributed by atoms with E-state index in [4.69, 9.17) is 10.4 Å². The van der Waals surface area contributed by atoms with Gasteiger partial charge < -0.3 is 9.84 Å². The van der Waals surface area contributed by atoms with Gasteiger partial charge >= 0.3 is 5.97 Å². The summed E-state index contributed by atoms with van der Waals surface area (Å²) in [5, 5.41) is 17.4. The SMILES string of the molecule is CCOC(=O)C[C@@](C)(O)C#N. The molecule has 0 saturated heterocycles. The molecule has 0 aromatic rings. The molecule has 0 radical (unpaired) electrons. The molecule has 4 nitrogen and oxygen atoms in total. The summed E-state index contributed by atoms with van der Waals surface area (Å²) < 4.78 is 4.53. The van der Waals surface area contributed by atoms with Crippen molar-refractivity contribution in [2.45, 2.75) is 25.9 Å². The van der Waals surface area contributed by atoms with Gasteiger partial charge in [-0.15, -0.1) is 0 Å². The zero-order chi connectivity index (χ0) is 8.91. The third kappa shape index (κ3) is 4.34. The van der Waals surface area contributed by atoms with Crippen LogP contribution in [0.15, 0.2) is 0 Å². The number of carbonyl (C=O) groups excluding carboxylic acids is 1. The largest absolute Gasteiger partial charge is 0.466 e. The van der Waals surface area contributed by atoms with Gasteiger partial charge in [0.05, 0.1) is 19.1 Å². The minimum atomic E-state index is -1.60. The Balaban J connectivity index is 3.86. The lowest BCUT2D eigenvalue weighted by Gasteiger charge is -2.11. The molecule has 0 heterocycles. The van der Waals surface area contributed by atoms with Crippen LogP contribution in [0.3, 0.4) is 0 Å². The zero-order valence-corrected chi connectivity index (χ0v) is 6.63. The molecule has 62 valence electrons. The smallest absolute Gasteiger partial charge is 0.309 e. The van der Waals surface area contributed by atoms with Crippen molar-refractivity contribution in [2.24, 2.45) is 0 Å². The van der Waals surface area contributed by atoms with Gasteiger partial charge in [-0.2, -0.15) is 5.26 Å². The fourth-order valence-electron chi connectivity index (χ4n) is 0.533. The number of hydrogen-bond donors (Lipinski definition) is 1. The molecule has 0 aromatic carbocycles. The Bertz CT molecular complexity index is 181. The zero-order valence-electron chi connectivity index (χ0n) is 6.63. The molecule has 0 fully saturated rings. The van der Waals surface area contributed by atoms with E-state index in [-0.39, 0.29) is 13.0 Å². The van der Waals surface area contributed by atoms with Crippen LogP contribution in [0.1, 0.15) is 20.3 Å². The van der Waals surface area contributed by atoms with Crippen LogP contribution in [-0.4, -0.2) is 23.3 Å². The molecule has 4 heteroatoms. The Kier molecular flexibility index (Phi) is 3.55. The molecular formula is C7H11NO3. The Morgan fingerprint density at radius 3 is 2.73 bits per heavy atom. The second kappa shape index (κ2) is 3.94. The fraction of sp³-hybridized carbons (Fsp3) is 0.714. The van der Waals surface area contributed by atoms with Crippen LogP contribution in [0.2, 0.25) is 0 Å². The lowest BCUT2D eigenvalue weighted by Crippen LogP contribution is -2.26. The Morgan fingerprint density at radius 1 is 1.82 bits per heavy atom. The number of carbonyl (C=O) groups is 1. The van der Waals surface area contributed by atoms with Crippen molar-refractivity contribution in [3.05, 3.63) is 0 Å². The number of esters is 1. The molecule has 11 heavy (non-hydrogen) atoms. The summed E-state index contributed by atoms with van der Waals surface area (Å²) in [5.41, 5.74) is -1.60. The summed E-state index contributed by atoms with van der Waals surface area (Å²) >= 11 is 0. The van der Waals surface area contributed by atoms with Crippen LogP contribution in [0.5, 0.6) is 0 Å². The van der Waals surface area contributed by atoms with Crippen molar-refractivity contribution in [3.63, 3.8) is 0 Å². The standard InChI is InChI=1S/C7H11NO3/c1-3-11-6(9)4-7(2,10)5-8/h10H,3-4H2,1-2H3/t7-/m1/s1. The van der Waals surface area contributed by atoms with Crippen molar-refractivity contribution in [1.29, 1.82) is 5.26 Å². The van der Waals surface area contributed by atoms with Gasteiger partial charge in [0.1, 0.15) is 0 Å². The maximum Gasteiger partial charge on any atom is 0.309 e. The molecule has 0 aliphatic heterocycles. The van der Waals surface area contributed by atoms with Crippen LogP contribution in [0.25, 0.3) is 0 Å². The predicted molar refractivity (Wildman–Crippen MR) is 37.5 cm³/mol. The maximum absolute atomic E-state index is 10.7. The van der Waals surface area contributed by atoms with E-state index in [1.54, 1.807) is 13.0 Å². The molecule has 1 N–H and O–H groups in total. The summed E-state index contributed by atoms with van der Waals surface area (Å²) in [4.78, 5) is 10.7. The first kappa shape index (κ1) is 9.92. The minimum Gasteiger partial charge on any atom is -0.466 e. The van der Waals surface area contributed by atoms with Crippen molar-refractivity contribution >= 4 is 5.97 Å². The number of aliphatic hydroxyl groups is 1. The maximum atomic E-state index is 10.7. The highest BCUT2D eigenvalue weighted by molar-refractivity contribution is 5.71. The summed E-state index contributed by atoms with van der Waals surface area (Å²) in [5.74, 6) is -0.556. The van der Waals surface area contributed by atoms with E-state index in [1.807, 2.05) is 0 Å². The van der Waals surface area contributed by atoms with Crippen LogP contribution in [0.4, 0.5) is 0 Å². The predicted octanol–water partition coefficient (Wildman–Crippen LogP) is 0.214. The molecule has 1 atom stereocenters. The van der Waals surface area contributed by atoms with Gasteiger partial charge in [0, 0.05) is 0 Å². The van der Waals surface area contributed by atoms with E-state index in [9.17, 15) is 4.79 Å².